The number of likely N-dealkylation sites (N-methyl/N-ethyl adjacent to an activating group) is 2. The summed E-state index contributed by atoms with van der Waals surface area (Å²) in [5.74, 6) is -2.33. The Balaban J connectivity index is 1.42. The van der Waals surface area contributed by atoms with Gasteiger partial charge in [0.05, 0.1) is 53.9 Å². The van der Waals surface area contributed by atoms with Gasteiger partial charge in [0, 0.05) is 81.4 Å². The van der Waals surface area contributed by atoms with E-state index in [-0.39, 0.29) is 31.0 Å². The quantitative estimate of drug-likeness (QED) is 0.0986. The van der Waals surface area contributed by atoms with E-state index in [0.29, 0.717) is 50.2 Å². The molecule has 0 bridgehead atoms. The molecule has 1 aromatic heterocycles. The number of hydrogen-bond acceptors (Lipinski definition) is 17. The van der Waals surface area contributed by atoms with Gasteiger partial charge in [-0.15, -0.1) is 16.9 Å². The number of halogens is 2. The van der Waals surface area contributed by atoms with E-state index in [1.807, 2.05) is 82.8 Å². The molecule has 418 valence electrons. The fraction of sp³-hybridized carbons (Fsp3) is 0.830. The SMILES string of the molecule is CC[C@H]1OC(=O)[C@H](C)[C@@H](O[C@H]2C[C@@](C)(OC)C[C@H](C)O2)[C@H](C)[C@@H](O[C@@H]2O[C@H](C)C[C@H](N(C)CCc3cn([C@H](CF)[C@H](OC)c4ccc(SCCF)cc4)nn3)[C@H]2O)[C@](C)(O)C[C@@H](C)CN(C)[C@H](C)[C@@H](O)[C@]1(C)O. The Morgan fingerprint density at radius 2 is 1.66 bits per heavy atom. The van der Waals surface area contributed by atoms with Crippen molar-refractivity contribution in [3.8, 4) is 0 Å². The molecule has 3 fully saturated rings. The van der Waals surface area contributed by atoms with Crippen molar-refractivity contribution in [3.05, 3.63) is 41.7 Å². The lowest BCUT2D eigenvalue weighted by atomic mass is 9.77. The third-order valence-electron chi connectivity index (χ3n) is 15.8. The second kappa shape index (κ2) is 26.7. The number of rotatable bonds is 18. The first-order valence-electron chi connectivity index (χ1n) is 26.2. The average Bonchev–Trinajstić information content (AvgIpc) is 3.82. The molecular formula is C53H89F2N5O12S. The molecule has 3 saturated heterocycles. The van der Waals surface area contributed by atoms with Crippen molar-refractivity contribution < 1.29 is 67.2 Å². The van der Waals surface area contributed by atoms with Gasteiger partial charge in [-0.25, -0.2) is 9.07 Å². The molecule has 5 rings (SSSR count). The Morgan fingerprint density at radius 1 is 0.973 bits per heavy atom. The van der Waals surface area contributed by atoms with Gasteiger partial charge < -0.3 is 63.4 Å². The van der Waals surface area contributed by atoms with Crippen LogP contribution < -0.4 is 0 Å². The largest absolute Gasteiger partial charge is 0.459 e. The predicted octanol–water partition coefficient (Wildman–Crippen LogP) is 6.09. The first-order chi connectivity index (χ1) is 34.3. The number of thioether (sulfide) groups is 1. The summed E-state index contributed by atoms with van der Waals surface area (Å²) in [5.41, 5.74) is -2.69. The number of nitrogens with zero attached hydrogens (tertiary/aromatic N) is 5. The molecule has 3 aliphatic rings. The lowest BCUT2D eigenvalue weighted by Gasteiger charge is -2.48. The summed E-state index contributed by atoms with van der Waals surface area (Å²) in [7, 11) is 6.89. The third-order valence-corrected chi connectivity index (χ3v) is 16.7. The van der Waals surface area contributed by atoms with Gasteiger partial charge in [-0.3, -0.25) is 9.18 Å². The first kappa shape index (κ1) is 61.4. The van der Waals surface area contributed by atoms with Gasteiger partial charge in [0.2, 0.25) is 0 Å². The molecule has 2 aromatic rings. The summed E-state index contributed by atoms with van der Waals surface area (Å²) in [6.45, 7) is 17.7. The number of ether oxygens (including phenoxy) is 7. The molecule has 73 heavy (non-hydrogen) atoms. The molecule has 1 aromatic carbocycles. The van der Waals surface area contributed by atoms with Crippen molar-refractivity contribution >= 4 is 17.7 Å². The van der Waals surface area contributed by atoms with Crippen LogP contribution in [-0.2, 0) is 44.4 Å². The second-order valence-corrected chi connectivity index (χ2v) is 23.3. The van der Waals surface area contributed by atoms with E-state index in [1.54, 1.807) is 41.0 Å². The van der Waals surface area contributed by atoms with Gasteiger partial charge in [0.25, 0.3) is 0 Å². The lowest BCUT2D eigenvalue weighted by molar-refractivity contribution is -0.310. The van der Waals surface area contributed by atoms with Gasteiger partial charge in [-0.05, 0) is 105 Å². The molecule has 19 atom stereocenters. The number of esters is 1. The van der Waals surface area contributed by atoms with Crippen molar-refractivity contribution in [2.45, 2.75) is 209 Å². The number of aromatic nitrogens is 3. The fourth-order valence-electron chi connectivity index (χ4n) is 11.5. The molecule has 0 saturated carbocycles. The van der Waals surface area contributed by atoms with Crippen LogP contribution >= 0.6 is 11.8 Å². The number of alkyl halides is 2. The van der Waals surface area contributed by atoms with Gasteiger partial charge in [0.1, 0.15) is 42.7 Å². The van der Waals surface area contributed by atoms with E-state index in [1.165, 1.54) is 30.5 Å². The molecule has 0 spiro atoms. The number of carbonyl (C=O) groups is 1. The van der Waals surface area contributed by atoms with E-state index >= 15 is 0 Å². The smallest absolute Gasteiger partial charge is 0.311 e. The van der Waals surface area contributed by atoms with E-state index < -0.39 is 115 Å². The number of aliphatic hydroxyl groups excluding tert-OH is 2. The molecular weight excluding hydrogens is 969 g/mol. The Labute approximate surface area is 437 Å². The van der Waals surface area contributed by atoms with Gasteiger partial charge in [0.15, 0.2) is 12.6 Å². The Kier molecular flexibility index (Phi) is 22.5. The standard InChI is InChI=1S/C53H89F2N5O12S/c1-15-42-53(10,65)47(62)36(7)59(12)29-31(2)25-52(9,64)48(34(5)45(35(6)49(63)70-42)71-43-27-51(8,67-14)26-33(4)68-43)72-50-44(61)40(24-32(3)69-50)58(11)22-20-38-30-60(57-56-38)41(28-55)46(66-13)37-16-18-39(19-17-37)73-23-21-54/h16-19,30-36,40-48,50,61-62,64-65H,15,20-29H2,1-14H3/t31-,32-,33+,34+,35-,36-,40+,41-,42-,43+,44-,45+,46-,47-,48-,50+,51+,52-,53-/m1/s1. The van der Waals surface area contributed by atoms with Crippen molar-refractivity contribution in [2.75, 3.05) is 60.5 Å². The molecule has 3 aliphatic heterocycles. The van der Waals surface area contributed by atoms with Crippen LogP contribution in [0, 0.1) is 17.8 Å². The summed E-state index contributed by atoms with van der Waals surface area (Å²) < 4.78 is 73.5. The van der Waals surface area contributed by atoms with E-state index in [0.717, 1.165) is 10.5 Å². The highest BCUT2D eigenvalue weighted by Gasteiger charge is 2.52. The number of cyclic esters (lactones) is 1. The van der Waals surface area contributed by atoms with E-state index in [4.69, 9.17) is 33.2 Å². The summed E-state index contributed by atoms with van der Waals surface area (Å²) in [5, 5.41) is 57.4. The molecule has 17 nitrogen and oxygen atoms in total. The van der Waals surface area contributed by atoms with Crippen LogP contribution in [-0.4, -0.2) is 196 Å². The third kappa shape index (κ3) is 15.4. The number of aliphatic hydroxyl groups is 4. The molecule has 0 aliphatic carbocycles. The normalized spacial score (nSPS) is 38.6. The van der Waals surface area contributed by atoms with Gasteiger partial charge in [-0.2, -0.15) is 0 Å². The van der Waals surface area contributed by atoms with E-state index in [2.05, 4.69) is 10.3 Å². The Hall–Kier alpha value is -2.44. The number of methoxy groups -OCH3 is 2. The van der Waals surface area contributed by atoms with Crippen molar-refractivity contribution in [1.29, 1.82) is 0 Å². The van der Waals surface area contributed by atoms with Crippen molar-refractivity contribution in [3.63, 3.8) is 0 Å². The van der Waals surface area contributed by atoms with Crippen LogP contribution in [0.3, 0.4) is 0 Å². The highest BCUT2D eigenvalue weighted by atomic mass is 32.2. The highest BCUT2D eigenvalue weighted by Crippen LogP contribution is 2.40. The van der Waals surface area contributed by atoms with Crippen LogP contribution in [0.2, 0.25) is 0 Å². The molecule has 0 amide bonds. The first-order valence-corrected chi connectivity index (χ1v) is 27.2. The highest BCUT2D eigenvalue weighted by molar-refractivity contribution is 7.99. The fourth-order valence-corrected chi connectivity index (χ4v) is 12.1. The number of hydrogen-bond donors (Lipinski definition) is 4. The Morgan fingerprint density at radius 3 is 2.27 bits per heavy atom. The molecule has 4 N–H and O–H groups in total. The summed E-state index contributed by atoms with van der Waals surface area (Å²) >= 11 is 1.40. The van der Waals surface area contributed by atoms with Crippen LogP contribution in [0.4, 0.5) is 8.78 Å². The monoisotopic (exact) mass is 1060 g/mol. The second-order valence-electron chi connectivity index (χ2n) is 22.1. The number of carbonyl (C=O) groups excluding carboxylic acids is 1. The minimum atomic E-state index is -1.82. The van der Waals surface area contributed by atoms with Crippen LogP contribution in [0.15, 0.2) is 35.4 Å². The van der Waals surface area contributed by atoms with Crippen LogP contribution in [0.5, 0.6) is 0 Å². The summed E-state index contributed by atoms with van der Waals surface area (Å²) in [4.78, 5) is 19.3. The number of benzene rings is 1. The van der Waals surface area contributed by atoms with Crippen molar-refractivity contribution in [1.82, 2.24) is 24.8 Å². The van der Waals surface area contributed by atoms with Gasteiger partial charge in [-0.1, -0.05) is 38.1 Å². The van der Waals surface area contributed by atoms with Crippen LogP contribution in [0.25, 0.3) is 0 Å². The molecule has 20 heteroatoms. The van der Waals surface area contributed by atoms with E-state index in [9.17, 15) is 34.0 Å². The predicted molar refractivity (Wildman–Crippen MR) is 273 cm³/mol. The summed E-state index contributed by atoms with van der Waals surface area (Å²) in [6.07, 6.45) is -5.16. The van der Waals surface area contributed by atoms with Crippen LogP contribution in [0.1, 0.15) is 125 Å². The maximum Gasteiger partial charge on any atom is 0.311 e. The molecule has 4 heterocycles. The minimum Gasteiger partial charge on any atom is -0.459 e. The maximum absolute atomic E-state index is 14.8. The maximum atomic E-state index is 14.8. The minimum absolute atomic E-state index is 0.192. The van der Waals surface area contributed by atoms with Crippen molar-refractivity contribution in [2.24, 2.45) is 17.8 Å². The summed E-state index contributed by atoms with van der Waals surface area (Å²) in [6, 6.07) is 5.59. The molecule has 0 unspecified atom stereocenters. The topological polar surface area (TPSA) is 200 Å². The van der Waals surface area contributed by atoms with Gasteiger partial charge >= 0.3 is 5.97 Å². The zero-order valence-electron chi connectivity index (χ0n) is 45.9. The lowest BCUT2D eigenvalue weighted by Crippen LogP contribution is -2.60. The zero-order valence-corrected chi connectivity index (χ0v) is 46.7. The average molecular weight is 1060 g/mol. The Bertz CT molecular complexity index is 1990. The zero-order chi connectivity index (χ0) is 54.2. The molecule has 0 radical (unpaired) electrons.